The third-order valence-electron chi connectivity index (χ3n) is 1.69. The molecule has 0 amide bonds. The molecule has 0 saturated carbocycles. The Balaban J connectivity index is 2.85. The summed E-state index contributed by atoms with van der Waals surface area (Å²) in [5.41, 5.74) is 0.938. The minimum atomic E-state index is 0.226. The molecule has 0 spiro atoms. The van der Waals surface area contributed by atoms with E-state index >= 15 is 0 Å². The third-order valence-corrected chi connectivity index (χ3v) is 3.39. The zero-order chi connectivity index (χ0) is 8.43. The maximum Gasteiger partial charge on any atom is 0.216 e. The van der Waals surface area contributed by atoms with E-state index in [1.165, 1.54) is 11.8 Å². The molecule has 3 heteroatoms. The van der Waals surface area contributed by atoms with Gasteiger partial charge in [-0.3, -0.25) is 4.79 Å². The molecule has 62 valence electrons. The summed E-state index contributed by atoms with van der Waals surface area (Å²) in [7, 11) is 0. The van der Waals surface area contributed by atoms with E-state index in [-0.39, 0.29) is 5.12 Å². The van der Waals surface area contributed by atoms with Crippen molar-refractivity contribution in [3.63, 3.8) is 0 Å². The van der Waals surface area contributed by atoms with E-state index in [4.69, 9.17) is 0 Å². The van der Waals surface area contributed by atoms with Crippen LogP contribution >= 0.6 is 24.4 Å². The van der Waals surface area contributed by atoms with E-state index in [0.29, 0.717) is 5.92 Å². The molecule has 0 radical (unpaired) electrons. The fourth-order valence-electron chi connectivity index (χ4n) is 1.02. The maximum atomic E-state index is 11.2. The molecule has 1 aliphatic heterocycles. The molecule has 0 aromatic carbocycles. The van der Waals surface area contributed by atoms with Gasteiger partial charge in [0, 0.05) is 11.3 Å². The Bertz CT molecular complexity index is 206. The van der Waals surface area contributed by atoms with Crippen LogP contribution in [0.15, 0.2) is 10.5 Å². The van der Waals surface area contributed by atoms with Gasteiger partial charge < -0.3 is 0 Å². The number of rotatable bonds is 1. The molecule has 0 aliphatic carbocycles. The number of allylic oxidation sites excluding steroid dienone is 1. The summed E-state index contributed by atoms with van der Waals surface area (Å²) in [6.07, 6.45) is 0.903. The SMILES string of the molecule is CC(C)/C(S)=C1\CCSC1=O. The Morgan fingerprint density at radius 2 is 2.27 bits per heavy atom. The first kappa shape index (κ1) is 9.20. The monoisotopic (exact) mass is 188 g/mol. The third kappa shape index (κ3) is 2.03. The minimum absolute atomic E-state index is 0.226. The Morgan fingerprint density at radius 1 is 1.64 bits per heavy atom. The number of thioether (sulfide) groups is 1. The maximum absolute atomic E-state index is 11.2. The standard InChI is InChI=1S/C8H12OS2/c1-5(2)7(10)6-3-4-11-8(6)9/h5,10H,3-4H2,1-2H3/b7-6-. The molecule has 0 bridgehead atoms. The van der Waals surface area contributed by atoms with Crippen molar-refractivity contribution in [2.75, 3.05) is 5.75 Å². The van der Waals surface area contributed by atoms with Crippen LogP contribution < -0.4 is 0 Å². The molecule has 0 N–H and O–H groups in total. The lowest BCUT2D eigenvalue weighted by atomic mass is 10.1. The fourth-order valence-corrected chi connectivity index (χ4v) is 2.18. The van der Waals surface area contributed by atoms with Crippen molar-refractivity contribution in [3.8, 4) is 0 Å². The zero-order valence-corrected chi connectivity index (χ0v) is 8.47. The topological polar surface area (TPSA) is 17.1 Å². The summed E-state index contributed by atoms with van der Waals surface area (Å²) < 4.78 is 0. The lowest BCUT2D eigenvalue weighted by Crippen LogP contribution is -1.96. The van der Waals surface area contributed by atoms with E-state index in [9.17, 15) is 4.79 Å². The zero-order valence-electron chi connectivity index (χ0n) is 6.76. The molecule has 1 aliphatic rings. The van der Waals surface area contributed by atoms with Gasteiger partial charge in [0.05, 0.1) is 0 Å². The molecular weight excluding hydrogens is 176 g/mol. The highest BCUT2D eigenvalue weighted by molar-refractivity contribution is 8.14. The van der Waals surface area contributed by atoms with E-state index in [2.05, 4.69) is 26.5 Å². The van der Waals surface area contributed by atoms with Gasteiger partial charge in [-0.1, -0.05) is 25.6 Å². The van der Waals surface area contributed by atoms with Crippen molar-refractivity contribution in [1.82, 2.24) is 0 Å². The van der Waals surface area contributed by atoms with Crippen LogP contribution in [0.5, 0.6) is 0 Å². The van der Waals surface area contributed by atoms with Crippen LogP contribution in [0, 0.1) is 5.92 Å². The summed E-state index contributed by atoms with van der Waals surface area (Å²) in [6.45, 7) is 4.12. The number of hydrogen-bond acceptors (Lipinski definition) is 3. The summed E-state index contributed by atoms with van der Waals surface area (Å²) in [6, 6.07) is 0. The van der Waals surface area contributed by atoms with Crippen LogP contribution in [0.1, 0.15) is 20.3 Å². The second-order valence-electron chi connectivity index (χ2n) is 2.90. The van der Waals surface area contributed by atoms with Crippen molar-refractivity contribution in [1.29, 1.82) is 0 Å². The average molecular weight is 188 g/mol. The largest absolute Gasteiger partial charge is 0.282 e. The van der Waals surface area contributed by atoms with Crippen LogP contribution in [0.3, 0.4) is 0 Å². The van der Waals surface area contributed by atoms with Crippen LogP contribution in [-0.4, -0.2) is 10.9 Å². The molecule has 1 nitrogen and oxygen atoms in total. The normalized spacial score (nSPS) is 23.1. The quantitative estimate of drug-likeness (QED) is 0.503. The van der Waals surface area contributed by atoms with Gasteiger partial charge in [0.15, 0.2) is 0 Å². The Labute approximate surface area is 77.0 Å². The molecule has 0 aromatic rings. The number of thiol groups is 1. The highest BCUT2D eigenvalue weighted by Gasteiger charge is 2.21. The van der Waals surface area contributed by atoms with Crippen molar-refractivity contribution in [2.45, 2.75) is 20.3 Å². The van der Waals surface area contributed by atoms with E-state index in [1.54, 1.807) is 0 Å². The predicted octanol–water partition coefficient (Wildman–Crippen LogP) is 2.49. The number of hydrogen-bond donors (Lipinski definition) is 1. The van der Waals surface area contributed by atoms with Gasteiger partial charge in [-0.05, 0) is 17.2 Å². The average Bonchev–Trinajstić information content (AvgIpc) is 2.33. The van der Waals surface area contributed by atoms with Gasteiger partial charge in [0.1, 0.15) is 0 Å². The number of carbonyl (C=O) groups is 1. The van der Waals surface area contributed by atoms with E-state index in [0.717, 1.165) is 22.7 Å². The summed E-state index contributed by atoms with van der Waals surface area (Å²) in [5, 5.41) is 0.226. The molecule has 1 saturated heterocycles. The molecule has 11 heavy (non-hydrogen) atoms. The molecule has 1 rings (SSSR count). The van der Waals surface area contributed by atoms with Gasteiger partial charge in [0.25, 0.3) is 0 Å². The van der Waals surface area contributed by atoms with Crippen LogP contribution in [-0.2, 0) is 4.79 Å². The first-order chi connectivity index (χ1) is 5.13. The van der Waals surface area contributed by atoms with Crippen LogP contribution in [0.25, 0.3) is 0 Å². The van der Waals surface area contributed by atoms with Gasteiger partial charge in [-0.15, -0.1) is 12.6 Å². The summed E-state index contributed by atoms with van der Waals surface area (Å²) >= 11 is 5.73. The highest BCUT2D eigenvalue weighted by atomic mass is 32.2. The predicted molar refractivity (Wildman–Crippen MR) is 52.9 cm³/mol. The van der Waals surface area contributed by atoms with Crippen LogP contribution in [0.2, 0.25) is 0 Å². The van der Waals surface area contributed by atoms with Crippen molar-refractivity contribution in [3.05, 3.63) is 10.5 Å². The van der Waals surface area contributed by atoms with Crippen molar-refractivity contribution < 1.29 is 4.79 Å². The van der Waals surface area contributed by atoms with Crippen LogP contribution in [0.4, 0.5) is 0 Å². The Morgan fingerprint density at radius 3 is 2.64 bits per heavy atom. The van der Waals surface area contributed by atoms with E-state index in [1.807, 2.05) is 0 Å². The molecule has 0 atom stereocenters. The lowest BCUT2D eigenvalue weighted by molar-refractivity contribution is -0.107. The molecule has 0 unspecified atom stereocenters. The first-order valence-corrected chi connectivity index (χ1v) is 5.15. The smallest absolute Gasteiger partial charge is 0.216 e. The molecule has 1 fully saturated rings. The molecule has 0 aromatic heterocycles. The minimum Gasteiger partial charge on any atom is -0.282 e. The van der Waals surface area contributed by atoms with E-state index < -0.39 is 0 Å². The second kappa shape index (κ2) is 3.68. The Hall–Kier alpha value is 0.110. The van der Waals surface area contributed by atoms with Gasteiger partial charge >= 0.3 is 0 Å². The Kier molecular flexibility index (Phi) is 3.07. The van der Waals surface area contributed by atoms with Gasteiger partial charge in [-0.2, -0.15) is 0 Å². The fraction of sp³-hybridized carbons (Fsp3) is 0.625. The van der Waals surface area contributed by atoms with Gasteiger partial charge in [-0.25, -0.2) is 0 Å². The van der Waals surface area contributed by atoms with Crippen molar-refractivity contribution in [2.24, 2.45) is 5.92 Å². The first-order valence-electron chi connectivity index (χ1n) is 3.72. The lowest BCUT2D eigenvalue weighted by Gasteiger charge is -2.06. The summed E-state index contributed by atoms with van der Waals surface area (Å²) in [5.74, 6) is 1.32. The highest BCUT2D eigenvalue weighted by Crippen LogP contribution is 2.31. The molecule has 1 heterocycles. The summed E-state index contributed by atoms with van der Waals surface area (Å²) in [4.78, 5) is 12.1. The van der Waals surface area contributed by atoms with Crippen molar-refractivity contribution >= 4 is 29.5 Å². The van der Waals surface area contributed by atoms with Gasteiger partial charge in [0.2, 0.25) is 5.12 Å². The second-order valence-corrected chi connectivity index (χ2v) is 4.45. The molecular formula is C8H12OS2. The number of carbonyl (C=O) groups excluding carboxylic acids is 1.